The van der Waals surface area contributed by atoms with Crippen molar-refractivity contribution in [2.75, 3.05) is 18.5 Å². The summed E-state index contributed by atoms with van der Waals surface area (Å²) in [6.45, 7) is 2.36. The Bertz CT molecular complexity index is 398. The maximum Gasteiger partial charge on any atom is 0.143 e. The van der Waals surface area contributed by atoms with Crippen LogP contribution in [-0.2, 0) is 0 Å². The third-order valence-corrected chi connectivity index (χ3v) is 2.40. The minimum absolute atomic E-state index is 0.0488. The van der Waals surface area contributed by atoms with Gasteiger partial charge in [-0.3, -0.25) is 0 Å². The van der Waals surface area contributed by atoms with Crippen molar-refractivity contribution >= 4 is 5.69 Å². The van der Waals surface area contributed by atoms with Crippen LogP contribution in [0.4, 0.5) is 10.1 Å². The number of nitrogens with zero attached hydrogens (tertiary/aromatic N) is 2. The lowest BCUT2D eigenvalue weighted by Gasteiger charge is -2.20. The lowest BCUT2D eigenvalue weighted by Crippen LogP contribution is -2.21. The van der Waals surface area contributed by atoms with Gasteiger partial charge < -0.3 is 10.0 Å². The van der Waals surface area contributed by atoms with Crippen LogP contribution in [0.15, 0.2) is 18.2 Å². The number of aliphatic hydroxyl groups is 1. The van der Waals surface area contributed by atoms with Crippen LogP contribution >= 0.6 is 0 Å². The minimum Gasteiger partial charge on any atom is -0.393 e. The van der Waals surface area contributed by atoms with Crippen LogP contribution in [0.2, 0.25) is 0 Å². The van der Waals surface area contributed by atoms with E-state index in [1.54, 1.807) is 19.1 Å². The molecule has 0 saturated heterocycles. The van der Waals surface area contributed by atoms with E-state index >= 15 is 0 Å². The molecule has 1 rings (SSSR count). The van der Waals surface area contributed by atoms with Crippen LogP contribution in [0.1, 0.15) is 18.9 Å². The summed E-state index contributed by atoms with van der Waals surface area (Å²) in [5.41, 5.74) is 0.754. The van der Waals surface area contributed by atoms with Crippen LogP contribution in [0.25, 0.3) is 0 Å². The highest BCUT2D eigenvalue weighted by Gasteiger charge is 2.07. The van der Waals surface area contributed by atoms with Crippen molar-refractivity contribution in [3.05, 3.63) is 29.6 Å². The Kier molecular flexibility index (Phi) is 4.27. The Balaban J connectivity index is 2.74. The Labute approximate surface area is 94.7 Å². The van der Waals surface area contributed by atoms with Crippen molar-refractivity contribution in [1.29, 1.82) is 5.26 Å². The Morgan fingerprint density at radius 2 is 2.25 bits per heavy atom. The van der Waals surface area contributed by atoms with E-state index in [1.807, 2.05) is 11.9 Å². The maximum absolute atomic E-state index is 13.3. The molecule has 1 aromatic carbocycles. The van der Waals surface area contributed by atoms with Gasteiger partial charge in [0.25, 0.3) is 0 Å². The molecule has 4 heteroatoms. The normalized spacial score (nSPS) is 11.9. The van der Waals surface area contributed by atoms with Crippen LogP contribution in [0.5, 0.6) is 0 Å². The molecule has 1 atom stereocenters. The molecule has 0 aromatic heterocycles. The van der Waals surface area contributed by atoms with E-state index in [-0.39, 0.29) is 11.7 Å². The second-order valence-electron chi connectivity index (χ2n) is 3.84. The number of aliphatic hydroxyl groups excluding tert-OH is 1. The smallest absolute Gasteiger partial charge is 0.143 e. The number of hydrogen-bond acceptors (Lipinski definition) is 3. The Morgan fingerprint density at radius 1 is 1.56 bits per heavy atom. The Morgan fingerprint density at radius 3 is 2.75 bits per heavy atom. The third kappa shape index (κ3) is 3.21. The molecule has 0 saturated carbocycles. The van der Waals surface area contributed by atoms with Crippen LogP contribution in [-0.4, -0.2) is 24.8 Å². The fourth-order valence-corrected chi connectivity index (χ4v) is 1.34. The molecule has 0 heterocycles. The topological polar surface area (TPSA) is 47.3 Å². The summed E-state index contributed by atoms with van der Waals surface area (Å²) < 4.78 is 13.3. The molecule has 0 radical (unpaired) electrons. The zero-order valence-electron chi connectivity index (χ0n) is 9.44. The van der Waals surface area contributed by atoms with Crippen molar-refractivity contribution in [3.63, 3.8) is 0 Å². The molecule has 0 spiro atoms. The molecule has 3 nitrogen and oxygen atoms in total. The summed E-state index contributed by atoms with van der Waals surface area (Å²) in [5.74, 6) is -0.510. The zero-order chi connectivity index (χ0) is 12.1. The summed E-state index contributed by atoms with van der Waals surface area (Å²) in [5, 5.41) is 17.7. The zero-order valence-corrected chi connectivity index (χ0v) is 9.44. The fourth-order valence-electron chi connectivity index (χ4n) is 1.34. The van der Waals surface area contributed by atoms with Crippen molar-refractivity contribution in [1.82, 2.24) is 0 Å². The third-order valence-electron chi connectivity index (χ3n) is 2.40. The number of hydrogen-bond donors (Lipinski definition) is 1. The molecule has 1 aromatic rings. The van der Waals surface area contributed by atoms with Crippen LogP contribution in [0.3, 0.4) is 0 Å². The fraction of sp³-hybridized carbons (Fsp3) is 0.417. The van der Waals surface area contributed by atoms with Gasteiger partial charge in [-0.05, 0) is 31.5 Å². The maximum atomic E-state index is 13.3. The number of halogens is 1. The van der Waals surface area contributed by atoms with Crippen molar-refractivity contribution < 1.29 is 9.50 Å². The van der Waals surface area contributed by atoms with Gasteiger partial charge in [0.15, 0.2) is 0 Å². The first-order valence-corrected chi connectivity index (χ1v) is 5.13. The highest BCUT2D eigenvalue weighted by Crippen LogP contribution is 2.17. The molecular weight excluding hydrogens is 207 g/mol. The van der Waals surface area contributed by atoms with Gasteiger partial charge in [0, 0.05) is 19.3 Å². The predicted molar refractivity (Wildman–Crippen MR) is 60.7 cm³/mol. The number of anilines is 1. The number of nitriles is 1. The first-order valence-electron chi connectivity index (χ1n) is 5.13. The van der Waals surface area contributed by atoms with Gasteiger partial charge in [0.05, 0.1) is 11.7 Å². The lowest BCUT2D eigenvalue weighted by atomic mass is 10.2. The average molecular weight is 222 g/mol. The molecule has 1 N–H and O–H groups in total. The first-order chi connectivity index (χ1) is 7.54. The summed E-state index contributed by atoms with van der Waals surface area (Å²) in [4.78, 5) is 1.84. The van der Waals surface area contributed by atoms with Gasteiger partial charge in [-0.15, -0.1) is 0 Å². The molecule has 0 aliphatic carbocycles. The van der Waals surface area contributed by atoms with Gasteiger partial charge in [-0.25, -0.2) is 4.39 Å². The van der Waals surface area contributed by atoms with Gasteiger partial charge in [-0.2, -0.15) is 5.26 Å². The highest BCUT2D eigenvalue weighted by atomic mass is 19.1. The molecule has 1 unspecified atom stereocenters. The standard InChI is InChI=1S/C12H15FN2O/c1-9(16)5-6-15(2)11-4-3-10(8-14)12(13)7-11/h3-4,7,9,16H,5-6H2,1-2H3. The molecule has 0 bridgehead atoms. The molecule has 0 fully saturated rings. The first kappa shape index (κ1) is 12.5. The minimum atomic E-state index is -0.510. The highest BCUT2D eigenvalue weighted by molar-refractivity contribution is 5.49. The van der Waals surface area contributed by atoms with Gasteiger partial charge in [0.1, 0.15) is 11.9 Å². The molecule has 0 aliphatic heterocycles. The van der Waals surface area contributed by atoms with Crippen LogP contribution in [0, 0.1) is 17.1 Å². The van der Waals surface area contributed by atoms with Gasteiger partial charge in [-0.1, -0.05) is 0 Å². The van der Waals surface area contributed by atoms with Crippen molar-refractivity contribution in [3.8, 4) is 6.07 Å². The van der Waals surface area contributed by atoms with Gasteiger partial charge >= 0.3 is 0 Å². The summed E-state index contributed by atoms with van der Waals surface area (Å²) >= 11 is 0. The summed E-state index contributed by atoms with van der Waals surface area (Å²) in [6.07, 6.45) is 0.253. The average Bonchev–Trinajstić information content (AvgIpc) is 2.25. The molecule has 16 heavy (non-hydrogen) atoms. The van der Waals surface area contributed by atoms with E-state index < -0.39 is 5.82 Å². The van der Waals surface area contributed by atoms with Crippen molar-refractivity contribution in [2.45, 2.75) is 19.4 Å². The van der Waals surface area contributed by atoms with E-state index in [0.29, 0.717) is 18.7 Å². The second-order valence-corrected chi connectivity index (χ2v) is 3.84. The summed E-state index contributed by atoms with van der Waals surface area (Å²) in [7, 11) is 1.82. The monoisotopic (exact) mass is 222 g/mol. The Hall–Kier alpha value is -1.60. The lowest BCUT2D eigenvalue weighted by molar-refractivity contribution is 0.187. The second kappa shape index (κ2) is 5.47. The predicted octanol–water partition coefficient (Wildman–Crippen LogP) is 1.90. The molecule has 0 amide bonds. The number of benzene rings is 1. The van der Waals surface area contributed by atoms with E-state index in [0.717, 1.165) is 0 Å². The molecule has 86 valence electrons. The van der Waals surface area contributed by atoms with Crippen LogP contribution < -0.4 is 4.90 Å². The summed E-state index contributed by atoms with van der Waals surface area (Å²) in [6, 6.07) is 6.27. The van der Waals surface area contributed by atoms with E-state index in [1.165, 1.54) is 12.1 Å². The largest absolute Gasteiger partial charge is 0.393 e. The van der Waals surface area contributed by atoms with E-state index in [9.17, 15) is 4.39 Å². The van der Waals surface area contributed by atoms with Crippen molar-refractivity contribution in [2.24, 2.45) is 0 Å². The van der Waals surface area contributed by atoms with E-state index in [2.05, 4.69) is 0 Å². The quantitative estimate of drug-likeness (QED) is 0.846. The van der Waals surface area contributed by atoms with Gasteiger partial charge in [0.2, 0.25) is 0 Å². The molecular formula is C12H15FN2O. The SMILES string of the molecule is CC(O)CCN(C)c1ccc(C#N)c(F)c1. The van der Waals surface area contributed by atoms with E-state index in [4.69, 9.17) is 10.4 Å². The molecule has 0 aliphatic rings. The number of rotatable bonds is 4.